The van der Waals surface area contributed by atoms with Crippen molar-refractivity contribution < 1.29 is 0 Å². The summed E-state index contributed by atoms with van der Waals surface area (Å²) in [5.41, 5.74) is 0. The van der Waals surface area contributed by atoms with E-state index in [0.717, 1.165) is 12.5 Å². The molecule has 0 heterocycles. The van der Waals surface area contributed by atoms with Gasteiger partial charge in [0.15, 0.2) is 0 Å². The van der Waals surface area contributed by atoms with E-state index in [2.05, 4.69) is 59.4 Å². The Balaban J connectivity index is 2.03. The van der Waals surface area contributed by atoms with Crippen molar-refractivity contribution >= 4 is 27.7 Å². The topological polar surface area (TPSA) is 12.0 Å². The van der Waals surface area contributed by atoms with Gasteiger partial charge in [0.05, 0.1) is 0 Å². The van der Waals surface area contributed by atoms with Gasteiger partial charge in [0.1, 0.15) is 0 Å². The fraction of sp³-hybridized carbons (Fsp3) is 0.600. The molecule has 100 valence electrons. The average molecular weight is 328 g/mol. The standard InChI is InChI=1S/C15H22BrNS/c1-3-17-14-8-7-11(2)9-15(14)18-13-6-4-5-12(16)10-13/h4-6,10-11,14-15,17H,3,7-9H2,1-2H3. The molecule has 0 aromatic heterocycles. The SMILES string of the molecule is CCNC1CCC(C)CC1Sc1cccc(Br)c1. The van der Waals surface area contributed by atoms with E-state index in [4.69, 9.17) is 0 Å². The van der Waals surface area contributed by atoms with Gasteiger partial charge >= 0.3 is 0 Å². The lowest BCUT2D eigenvalue weighted by atomic mass is 9.87. The molecule has 1 aromatic carbocycles. The van der Waals surface area contributed by atoms with Crippen molar-refractivity contribution in [3.05, 3.63) is 28.7 Å². The Morgan fingerprint density at radius 2 is 2.22 bits per heavy atom. The normalized spacial score (nSPS) is 28.3. The van der Waals surface area contributed by atoms with Crippen LogP contribution in [0, 0.1) is 5.92 Å². The van der Waals surface area contributed by atoms with Crippen LogP contribution >= 0.6 is 27.7 Å². The maximum Gasteiger partial charge on any atom is 0.0251 e. The highest BCUT2D eigenvalue weighted by molar-refractivity contribution is 9.10. The van der Waals surface area contributed by atoms with Crippen molar-refractivity contribution in [3.63, 3.8) is 0 Å². The van der Waals surface area contributed by atoms with Crippen LogP contribution in [0.4, 0.5) is 0 Å². The predicted octanol–water partition coefficient (Wildman–Crippen LogP) is 4.71. The van der Waals surface area contributed by atoms with Gasteiger partial charge in [0.2, 0.25) is 0 Å². The highest BCUT2D eigenvalue weighted by Gasteiger charge is 2.28. The minimum atomic E-state index is 0.676. The third-order valence-electron chi connectivity index (χ3n) is 3.60. The lowest BCUT2D eigenvalue weighted by molar-refractivity contribution is 0.321. The molecule has 0 amide bonds. The number of nitrogens with one attached hydrogen (secondary N) is 1. The van der Waals surface area contributed by atoms with Crippen LogP contribution in [0.25, 0.3) is 0 Å². The monoisotopic (exact) mass is 327 g/mol. The maximum atomic E-state index is 3.66. The number of rotatable bonds is 4. The molecule has 0 bridgehead atoms. The fourth-order valence-electron chi connectivity index (χ4n) is 2.67. The molecular weight excluding hydrogens is 306 g/mol. The molecule has 1 aliphatic rings. The third-order valence-corrected chi connectivity index (χ3v) is 5.45. The fourth-order valence-corrected chi connectivity index (χ4v) is 4.74. The van der Waals surface area contributed by atoms with Gasteiger partial charge in [-0.05, 0) is 49.9 Å². The van der Waals surface area contributed by atoms with E-state index in [9.17, 15) is 0 Å². The van der Waals surface area contributed by atoms with E-state index in [-0.39, 0.29) is 0 Å². The predicted molar refractivity (Wildman–Crippen MR) is 84.3 cm³/mol. The second-order valence-corrected chi connectivity index (χ2v) is 7.42. The van der Waals surface area contributed by atoms with Crippen LogP contribution in [-0.4, -0.2) is 17.8 Å². The first-order chi connectivity index (χ1) is 8.69. The van der Waals surface area contributed by atoms with Gasteiger partial charge in [-0.25, -0.2) is 0 Å². The van der Waals surface area contributed by atoms with Gasteiger partial charge < -0.3 is 5.32 Å². The van der Waals surface area contributed by atoms with Crippen LogP contribution in [0.3, 0.4) is 0 Å². The number of benzene rings is 1. The molecular formula is C15H22BrNS. The minimum absolute atomic E-state index is 0.676. The summed E-state index contributed by atoms with van der Waals surface area (Å²) in [6.07, 6.45) is 4.02. The first-order valence-corrected chi connectivity index (χ1v) is 8.52. The molecule has 1 nitrogen and oxygen atoms in total. The van der Waals surface area contributed by atoms with E-state index in [0.29, 0.717) is 11.3 Å². The van der Waals surface area contributed by atoms with Gasteiger partial charge in [-0.3, -0.25) is 0 Å². The molecule has 1 aromatic rings. The molecule has 3 unspecified atom stereocenters. The highest BCUT2D eigenvalue weighted by atomic mass is 79.9. The Morgan fingerprint density at radius 3 is 2.94 bits per heavy atom. The molecule has 1 N–H and O–H groups in total. The smallest absolute Gasteiger partial charge is 0.0251 e. The third kappa shape index (κ3) is 4.01. The molecule has 0 aliphatic heterocycles. The Morgan fingerprint density at radius 1 is 1.39 bits per heavy atom. The zero-order valence-electron chi connectivity index (χ0n) is 11.2. The first-order valence-electron chi connectivity index (χ1n) is 6.84. The summed E-state index contributed by atoms with van der Waals surface area (Å²) in [6.45, 7) is 5.67. The molecule has 3 heteroatoms. The largest absolute Gasteiger partial charge is 0.313 e. The van der Waals surface area contributed by atoms with Crippen LogP contribution in [-0.2, 0) is 0 Å². The van der Waals surface area contributed by atoms with Crippen molar-refractivity contribution in [2.24, 2.45) is 5.92 Å². The lowest BCUT2D eigenvalue weighted by Crippen LogP contribution is -2.42. The number of hydrogen-bond acceptors (Lipinski definition) is 2. The summed E-state index contributed by atoms with van der Waals surface area (Å²) in [5, 5.41) is 4.37. The van der Waals surface area contributed by atoms with E-state index in [1.165, 1.54) is 28.6 Å². The van der Waals surface area contributed by atoms with E-state index in [1.807, 2.05) is 11.8 Å². The quantitative estimate of drug-likeness (QED) is 0.859. The average Bonchev–Trinajstić information content (AvgIpc) is 2.33. The molecule has 1 aliphatic carbocycles. The molecule has 1 fully saturated rings. The van der Waals surface area contributed by atoms with Crippen LogP contribution in [0.1, 0.15) is 33.1 Å². The van der Waals surface area contributed by atoms with Gasteiger partial charge in [-0.15, -0.1) is 11.8 Å². The Hall–Kier alpha value is 0.01000. The van der Waals surface area contributed by atoms with E-state index in [1.54, 1.807) is 0 Å². The van der Waals surface area contributed by atoms with E-state index < -0.39 is 0 Å². The summed E-state index contributed by atoms with van der Waals surface area (Å²) in [5.74, 6) is 0.865. The van der Waals surface area contributed by atoms with Crippen molar-refractivity contribution in [1.82, 2.24) is 5.32 Å². The van der Waals surface area contributed by atoms with Crippen molar-refractivity contribution in [3.8, 4) is 0 Å². The van der Waals surface area contributed by atoms with Gasteiger partial charge in [0.25, 0.3) is 0 Å². The van der Waals surface area contributed by atoms with Crippen LogP contribution in [0.2, 0.25) is 0 Å². The summed E-state index contributed by atoms with van der Waals surface area (Å²) in [4.78, 5) is 1.38. The Kier molecular flexibility index (Phi) is 5.58. The van der Waals surface area contributed by atoms with Crippen LogP contribution < -0.4 is 5.32 Å². The Bertz CT molecular complexity index is 383. The Labute approximate surface area is 123 Å². The number of hydrogen-bond donors (Lipinski definition) is 1. The summed E-state index contributed by atoms with van der Waals surface area (Å²) >= 11 is 5.59. The van der Waals surface area contributed by atoms with Crippen molar-refractivity contribution in [1.29, 1.82) is 0 Å². The molecule has 0 radical (unpaired) electrons. The lowest BCUT2D eigenvalue weighted by Gasteiger charge is -2.35. The zero-order valence-corrected chi connectivity index (χ0v) is 13.6. The summed E-state index contributed by atoms with van der Waals surface area (Å²) < 4.78 is 1.18. The van der Waals surface area contributed by atoms with Gasteiger partial charge in [-0.2, -0.15) is 0 Å². The van der Waals surface area contributed by atoms with Gasteiger partial charge in [-0.1, -0.05) is 35.8 Å². The molecule has 18 heavy (non-hydrogen) atoms. The van der Waals surface area contributed by atoms with Crippen molar-refractivity contribution in [2.75, 3.05) is 6.54 Å². The van der Waals surface area contributed by atoms with E-state index >= 15 is 0 Å². The highest BCUT2D eigenvalue weighted by Crippen LogP contribution is 2.37. The maximum absolute atomic E-state index is 3.66. The second kappa shape index (κ2) is 6.97. The molecule has 1 saturated carbocycles. The van der Waals surface area contributed by atoms with Gasteiger partial charge in [0, 0.05) is 20.7 Å². The first kappa shape index (κ1) is 14.4. The molecule has 0 spiro atoms. The number of thioether (sulfide) groups is 1. The second-order valence-electron chi connectivity index (χ2n) is 5.20. The minimum Gasteiger partial charge on any atom is -0.313 e. The van der Waals surface area contributed by atoms with Crippen molar-refractivity contribution in [2.45, 2.75) is 49.3 Å². The van der Waals surface area contributed by atoms with Crippen LogP contribution in [0.5, 0.6) is 0 Å². The molecule has 0 saturated heterocycles. The molecule has 2 rings (SSSR count). The van der Waals surface area contributed by atoms with Crippen LogP contribution in [0.15, 0.2) is 33.6 Å². The summed E-state index contributed by atoms with van der Waals surface area (Å²) in [6, 6.07) is 9.34. The number of halogens is 1. The zero-order chi connectivity index (χ0) is 13.0. The summed E-state index contributed by atoms with van der Waals surface area (Å²) in [7, 11) is 0. The molecule has 3 atom stereocenters.